The number of H-pyrrole nitrogens is 1. The van der Waals surface area contributed by atoms with Crippen molar-refractivity contribution in [3.63, 3.8) is 0 Å². The lowest BCUT2D eigenvalue weighted by molar-refractivity contribution is 0.207. The van der Waals surface area contributed by atoms with Crippen LogP contribution in [0.15, 0.2) is 36.7 Å². The van der Waals surface area contributed by atoms with E-state index in [0.717, 1.165) is 24.4 Å². The Morgan fingerprint density at radius 1 is 1.14 bits per heavy atom. The average molecular weight is 284 g/mol. The number of anilines is 1. The van der Waals surface area contributed by atoms with Crippen molar-refractivity contribution >= 4 is 5.69 Å². The van der Waals surface area contributed by atoms with Gasteiger partial charge >= 0.3 is 0 Å². The number of benzene rings is 1. The maximum Gasteiger partial charge on any atom is 0.137 e. The van der Waals surface area contributed by atoms with Gasteiger partial charge < -0.3 is 9.99 Å². The van der Waals surface area contributed by atoms with Crippen LogP contribution in [0.4, 0.5) is 5.69 Å². The van der Waals surface area contributed by atoms with Gasteiger partial charge in [0.1, 0.15) is 5.82 Å². The quantitative estimate of drug-likeness (QED) is 0.909. The summed E-state index contributed by atoms with van der Waals surface area (Å²) in [6, 6.07) is 8.73. The minimum Gasteiger partial charge on any atom is -0.345 e. The molecule has 21 heavy (non-hydrogen) atoms. The van der Waals surface area contributed by atoms with Crippen molar-refractivity contribution in [1.82, 2.24) is 15.0 Å². The van der Waals surface area contributed by atoms with Crippen LogP contribution in [0.3, 0.4) is 0 Å². The van der Waals surface area contributed by atoms with Gasteiger partial charge in [0.15, 0.2) is 0 Å². The van der Waals surface area contributed by atoms with Crippen molar-refractivity contribution in [3.8, 4) is 11.4 Å². The molecule has 1 fully saturated rings. The highest BCUT2D eigenvalue weighted by Gasteiger charge is 2.18. The summed E-state index contributed by atoms with van der Waals surface area (Å²) in [5, 5.41) is 4.96. The summed E-state index contributed by atoms with van der Waals surface area (Å²) in [7, 11) is 0. The molecule has 1 aliphatic heterocycles. The summed E-state index contributed by atoms with van der Waals surface area (Å²) in [6.07, 6.45) is 8.81. The van der Waals surface area contributed by atoms with Crippen molar-refractivity contribution in [2.24, 2.45) is 0 Å². The third-order valence-electron chi connectivity index (χ3n) is 4.05. The molecule has 0 radical (unpaired) electrons. The first-order valence-electron chi connectivity index (χ1n) is 8.00. The number of nitrogens with one attached hydrogen (secondary N) is 1. The molecule has 0 amide bonds. The van der Waals surface area contributed by atoms with Crippen molar-refractivity contribution < 1.29 is 0 Å². The first-order valence-corrected chi connectivity index (χ1v) is 8.00. The Kier molecular flexibility index (Phi) is 4.55. The second-order valence-corrected chi connectivity index (χ2v) is 5.62. The summed E-state index contributed by atoms with van der Waals surface area (Å²) in [6.45, 7) is 5.69. The first-order chi connectivity index (χ1) is 10.4. The maximum atomic E-state index is 4.31. The van der Waals surface area contributed by atoms with Gasteiger partial charge in [0.2, 0.25) is 0 Å². The lowest BCUT2D eigenvalue weighted by Gasteiger charge is -2.39. The molecule has 112 valence electrons. The van der Waals surface area contributed by atoms with E-state index in [1.807, 2.05) is 6.20 Å². The number of hydrazine groups is 1. The number of piperidine rings is 1. The summed E-state index contributed by atoms with van der Waals surface area (Å²) in [5.74, 6) is 0.932. The molecule has 1 aromatic heterocycles. The van der Waals surface area contributed by atoms with Gasteiger partial charge in [-0.15, -0.1) is 0 Å². The highest BCUT2D eigenvalue weighted by molar-refractivity contribution is 5.60. The smallest absolute Gasteiger partial charge is 0.137 e. The van der Waals surface area contributed by atoms with Crippen LogP contribution >= 0.6 is 0 Å². The number of rotatable bonds is 5. The zero-order valence-corrected chi connectivity index (χ0v) is 12.8. The number of hydrogen-bond acceptors (Lipinski definition) is 3. The van der Waals surface area contributed by atoms with E-state index >= 15 is 0 Å². The van der Waals surface area contributed by atoms with E-state index in [1.165, 1.54) is 38.0 Å². The molecule has 1 aromatic carbocycles. The highest BCUT2D eigenvalue weighted by atomic mass is 15.6. The number of hydrogen-bond donors (Lipinski definition) is 1. The van der Waals surface area contributed by atoms with Crippen LogP contribution in [0, 0.1) is 0 Å². The average Bonchev–Trinajstić information content (AvgIpc) is 3.08. The molecule has 1 N–H and O–H groups in total. The predicted molar refractivity (Wildman–Crippen MR) is 87.1 cm³/mol. The van der Waals surface area contributed by atoms with Crippen LogP contribution in [0.5, 0.6) is 0 Å². The van der Waals surface area contributed by atoms with Gasteiger partial charge in [-0.25, -0.2) is 9.99 Å². The van der Waals surface area contributed by atoms with Crippen LogP contribution in [0.1, 0.15) is 32.6 Å². The maximum absolute atomic E-state index is 4.31. The van der Waals surface area contributed by atoms with Crippen molar-refractivity contribution in [3.05, 3.63) is 36.7 Å². The van der Waals surface area contributed by atoms with E-state index < -0.39 is 0 Å². The molecule has 1 aliphatic rings. The Morgan fingerprint density at radius 2 is 1.90 bits per heavy atom. The van der Waals surface area contributed by atoms with Gasteiger partial charge in [-0.05, 0) is 43.5 Å². The largest absolute Gasteiger partial charge is 0.345 e. The fourth-order valence-corrected chi connectivity index (χ4v) is 2.98. The second-order valence-electron chi connectivity index (χ2n) is 5.62. The third-order valence-corrected chi connectivity index (χ3v) is 4.05. The molecule has 3 rings (SSSR count). The van der Waals surface area contributed by atoms with Crippen molar-refractivity contribution in [2.45, 2.75) is 32.6 Å². The number of aromatic amines is 1. The molecule has 0 bridgehead atoms. The van der Waals surface area contributed by atoms with Crippen molar-refractivity contribution in [1.29, 1.82) is 0 Å². The fraction of sp³-hybridized carbons (Fsp3) is 0.471. The summed E-state index contributed by atoms with van der Waals surface area (Å²) >= 11 is 0. The van der Waals surface area contributed by atoms with E-state index in [4.69, 9.17) is 0 Å². The normalized spacial score (nSPS) is 16.0. The summed E-state index contributed by atoms with van der Waals surface area (Å²) in [5.41, 5.74) is 2.42. The fourth-order valence-electron chi connectivity index (χ4n) is 2.98. The van der Waals surface area contributed by atoms with Crippen LogP contribution in [-0.4, -0.2) is 34.6 Å². The lowest BCUT2D eigenvalue weighted by Crippen LogP contribution is -2.46. The second kappa shape index (κ2) is 6.76. The minimum atomic E-state index is 0.932. The van der Waals surface area contributed by atoms with Gasteiger partial charge in [0.25, 0.3) is 0 Å². The number of imidazole rings is 1. The molecule has 0 aliphatic carbocycles. The zero-order valence-electron chi connectivity index (χ0n) is 12.8. The van der Waals surface area contributed by atoms with Gasteiger partial charge in [-0.2, -0.15) is 0 Å². The molecule has 0 atom stereocenters. The van der Waals surface area contributed by atoms with E-state index in [1.54, 1.807) is 6.20 Å². The van der Waals surface area contributed by atoms with E-state index in [-0.39, 0.29) is 0 Å². The van der Waals surface area contributed by atoms with Gasteiger partial charge in [-0.1, -0.05) is 13.3 Å². The summed E-state index contributed by atoms with van der Waals surface area (Å²) < 4.78 is 0. The summed E-state index contributed by atoms with van der Waals surface area (Å²) in [4.78, 5) is 7.46. The Bertz CT molecular complexity index is 526. The minimum absolute atomic E-state index is 0.932. The van der Waals surface area contributed by atoms with Gasteiger partial charge in [0, 0.05) is 37.6 Å². The molecule has 4 heteroatoms. The predicted octanol–water partition coefficient (Wildman–Crippen LogP) is 3.69. The van der Waals surface area contributed by atoms with Crippen molar-refractivity contribution in [2.75, 3.05) is 24.6 Å². The topological polar surface area (TPSA) is 35.2 Å². The number of nitrogens with zero attached hydrogens (tertiary/aromatic N) is 3. The first kappa shape index (κ1) is 14.1. The van der Waals surface area contributed by atoms with Crippen LogP contribution in [0.25, 0.3) is 11.4 Å². The van der Waals surface area contributed by atoms with E-state index in [0.29, 0.717) is 0 Å². The molecule has 0 saturated carbocycles. The SMILES string of the molecule is CCCN(c1ccc(-c2ncc[nH]2)cc1)N1CCCCC1. The van der Waals surface area contributed by atoms with Gasteiger partial charge in [-0.3, -0.25) is 0 Å². The molecule has 0 unspecified atom stereocenters. The van der Waals surface area contributed by atoms with Gasteiger partial charge in [0.05, 0.1) is 5.69 Å². The standard InChI is InChI=1S/C17H24N4/c1-2-12-21(20-13-4-3-5-14-20)16-8-6-15(7-9-16)17-18-10-11-19-17/h6-11H,2-5,12-14H2,1H3,(H,18,19). The van der Waals surface area contributed by atoms with Crippen LogP contribution in [0.2, 0.25) is 0 Å². The molecule has 0 spiro atoms. The Balaban J connectivity index is 1.78. The number of aromatic nitrogens is 2. The van der Waals surface area contributed by atoms with E-state index in [9.17, 15) is 0 Å². The Hall–Kier alpha value is -1.81. The Morgan fingerprint density at radius 3 is 2.52 bits per heavy atom. The molecule has 2 heterocycles. The molecular weight excluding hydrogens is 260 g/mol. The molecule has 1 saturated heterocycles. The molecule has 4 nitrogen and oxygen atoms in total. The highest BCUT2D eigenvalue weighted by Crippen LogP contribution is 2.24. The van der Waals surface area contributed by atoms with Crippen LogP contribution < -0.4 is 5.01 Å². The lowest BCUT2D eigenvalue weighted by atomic mass is 10.1. The van der Waals surface area contributed by atoms with E-state index in [2.05, 4.69) is 51.2 Å². The zero-order chi connectivity index (χ0) is 14.5. The monoisotopic (exact) mass is 284 g/mol. The molecular formula is C17H24N4. The Labute approximate surface area is 126 Å². The third kappa shape index (κ3) is 3.27. The molecule has 2 aromatic rings. The van der Waals surface area contributed by atoms with Crippen LogP contribution in [-0.2, 0) is 0 Å².